The first-order valence-corrected chi connectivity index (χ1v) is 6.00. The number of hydrogen-bond donors (Lipinski definition) is 1. The van der Waals surface area contributed by atoms with Crippen LogP contribution in [0, 0.1) is 5.92 Å². The average Bonchev–Trinajstić information content (AvgIpc) is 2.74. The predicted molar refractivity (Wildman–Crippen MR) is 62.6 cm³/mol. The zero-order valence-corrected chi connectivity index (χ0v) is 10.7. The highest BCUT2D eigenvalue weighted by atomic mass is 16.5. The molecule has 17 heavy (non-hydrogen) atoms. The lowest BCUT2D eigenvalue weighted by atomic mass is 10.0. The van der Waals surface area contributed by atoms with Gasteiger partial charge < -0.3 is 14.8 Å². The SMILES string of the molecule is CC(=O)C(NC(=O)COC1CCOC1)C(C)C. The summed E-state index contributed by atoms with van der Waals surface area (Å²) in [6.45, 7) is 6.51. The van der Waals surface area contributed by atoms with E-state index < -0.39 is 6.04 Å². The zero-order valence-electron chi connectivity index (χ0n) is 10.7. The quantitative estimate of drug-likeness (QED) is 0.738. The van der Waals surface area contributed by atoms with Gasteiger partial charge in [-0.15, -0.1) is 0 Å². The monoisotopic (exact) mass is 243 g/mol. The summed E-state index contributed by atoms with van der Waals surface area (Å²) in [4.78, 5) is 22.9. The Bertz CT molecular complexity index is 272. The van der Waals surface area contributed by atoms with Gasteiger partial charge >= 0.3 is 0 Å². The van der Waals surface area contributed by atoms with Crippen LogP contribution in [0.4, 0.5) is 0 Å². The molecule has 5 heteroatoms. The Hall–Kier alpha value is -0.940. The zero-order chi connectivity index (χ0) is 12.8. The minimum Gasteiger partial charge on any atom is -0.379 e. The van der Waals surface area contributed by atoms with Gasteiger partial charge in [-0.25, -0.2) is 0 Å². The number of Topliss-reactive ketones (excluding diaryl/α,β-unsaturated/α-hetero) is 1. The van der Waals surface area contributed by atoms with Crippen LogP contribution >= 0.6 is 0 Å². The van der Waals surface area contributed by atoms with E-state index in [1.165, 1.54) is 6.92 Å². The van der Waals surface area contributed by atoms with Crippen LogP contribution in [0.15, 0.2) is 0 Å². The summed E-state index contributed by atoms with van der Waals surface area (Å²) in [5, 5.41) is 2.69. The van der Waals surface area contributed by atoms with Crippen molar-refractivity contribution in [3.63, 3.8) is 0 Å². The Morgan fingerprint density at radius 3 is 2.65 bits per heavy atom. The van der Waals surface area contributed by atoms with Gasteiger partial charge in [0.25, 0.3) is 0 Å². The number of amides is 1. The summed E-state index contributed by atoms with van der Waals surface area (Å²) in [6, 6.07) is -0.425. The molecule has 1 aliphatic rings. The minimum absolute atomic E-state index is 0.00940. The first-order chi connectivity index (χ1) is 8.00. The van der Waals surface area contributed by atoms with Gasteiger partial charge in [-0.2, -0.15) is 0 Å². The van der Waals surface area contributed by atoms with Crippen molar-refractivity contribution >= 4 is 11.7 Å². The van der Waals surface area contributed by atoms with E-state index in [1.807, 2.05) is 13.8 Å². The van der Waals surface area contributed by atoms with Crippen molar-refractivity contribution < 1.29 is 19.1 Å². The second kappa shape index (κ2) is 6.71. The Labute approximate surface area is 102 Å². The molecule has 0 radical (unpaired) electrons. The summed E-state index contributed by atoms with van der Waals surface area (Å²) in [6.07, 6.45) is 0.837. The highest BCUT2D eigenvalue weighted by molar-refractivity contribution is 5.88. The molecule has 0 spiro atoms. The number of ketones is 1. The smallest absolute Gasteiger partial charge is 0.246 e. The van der Waals surface area contributed by atoms with E-state index in [4.69, 9.17) is 9.47 Å². The Kier molecular flexibility index (Phi) is 5.58. The Balaban J connectivity index is 2.29. The predicted octanol–water partition coefficient (Wildman–Crippen LogP) is 0.522. The lowest BCUT2D eigenvalue weighted by Crippen LogP contribution is -2.45. The fourth-order valence-corrected chi connectivity index (χ4v) is 1.79. The molecule has 0 saturated carbocycles. The molecule has 2 unspecified atom stereocenters. The molecule has 1 heterocycles. The van der Waals surface area contributed by atoms with Crippen LogP contribution < -0.4 is 5.32 Å². The summed E-state index contributed by atoms with van der Waals surface area (Å²) in [5.41, 5.74) is 0. The van der Waals surface area contributed by atoms with Crippen molar-refractivity contribution in [3.05, 3.63) is 0 Å². The number of carbonyl (C=O) groups is 2. The standard InChI is InChI=1S/C12H21NO4/c1-8(2)12(9(3)14)13-11(15)7-17-10-4-5-16-6-10/h8,10,12H,4-7H2,1-3H3,(H,13,15). The number of carbonyl (C=O) groups excluding carboxylic acids is 2. The maximum Gasteiger partial charge on any atom is 0.246 e. The van der Waals surface area contributed by atoms with E-state index in [-0.39, 0.29) is 30.3 Å². The van der Waals surface area contributed by atoms with Crippen LogP contribution in [0.3, 0.4) is 0 Å². The lowest BCUT2D eigenvalue weighted by Gasteiger charge is -2.20. The molecule has 0 aliphatic carbocycles. The number of hydrogen-bond acceptors (Lipinski definition) is 4. The molecule has 1 N–H and O–H groups in total. The number of nitrogens with one attached hydrogen (secondary N) is 1. The van der Waals surface area contributed by atoms with Crippen molar-refractivity contribution in [2.45, 2.75) is 39.3 Å². The highest BCUT2D eigenvalue weighted by Crippen LogP contribution is 2.08. The van der Waals surface area contributed by atoms with Gasteiger partial charge in [0.05, 0.1) is 18.8 Å². The fourth-order valence-electron chi connectivity index (χ4n) is 1.79. The molecule has 1 aliphatic heterocycles. The maximum atomic E-state index is 11.6. The van der Waals surface area contributed by atoms with Crippen molar-refractivity contribution in [2.75, 3.05) is 19.8 Å². The van der Waals surface area contributed by atoms with Crippen molar-refractivity contribution in [1.82, 2.24) is 5.32 Å². The van der Waals surface area contributed by atoms with E-state index >= 15 is 0 Å². The van der Waals surface area contributed by atoms with E-state index in [9.17, 15) is 9.59 Å². The number of rotatable bonds is 6. The van der Waals surface area contributed by atoms with Gasteiger partial charge in [0.1, 0.15) is 6.61 Å². The van der Waals surface area contributed by atoms with Gasteiger partial charge in [-0.1, -0.05) is 13.8 Å². The topological polar surface area (TPSA) is 64.6 Å². The second-order valence-electron chi connectivity index (χ2n) is 4.70. The molecule has 0 aromatic carbocycles. The Morgan fingerprint density at radius 2 is 2.18 bits per heavy atom. The maximum absolute atomic E-state index is 11.6. The van der Waals surface area contributed by atoms with Gasteiger partial charge in [0.2, 0.25) is 5.91 Å². The van der Waals surface area contributed by atoms with Gasteiger partial charge in [-0.05, 0) is 19.3 Å². The Morgan fingerprint density at radius 1 is 1.47 bits per heavy atom. The highest BCUT2D eigenvalue weighted by Gasteiger charge is 2.22. The molecule has 1 amide bonds. The van der Waals surface area contributed by atoms with Crippen LogP contribution in [-0.4, -0.2) is 43.7 Å². The van der Waals surface area contributed by atoms with Gasteiger partial charge in [-0.3, -0.25) is 9.59 Å². The van der Waals surface area contributed by atoms with Crippen LogP contribution in [0.5, 0.6) is 0 Å². The fraction of sp³-hybridized carbons (Fsp3) is 0.833. The molecular weight excluding hydrogens is 222 g/mol. The molecule has 98 valence electrons. The third-order valence-electron chi connectivity index (χ3n) is 2.76. The van der Waals surface area contributed by atoms with E-state index in [0.29, 0.717) is 13.2 Å². The normalized spacial score (nSPS) is 21.5. The molecule has 1 saturated heterocycles. The third-order valence-corrected chi connectivity index (χ3v) is 2.76. The average molecular weight is 243 g/mol. The van der Waals surface area contributed by atoms with E-state index in [2.05, 4.69) is 5.32 Å². The molecule has 0 aromatic rings. The summed E-state index contributed by atoms with van der Waals surface area (Å²) >= 11 is 0. The number of ether oxygens (including phenoxy) is 2. The van der Waals surface area contributed by atoms with Gasteiger partial charge in [0, 0.05) is 6.61 Å². The molecule has 0 bridgehead atoms. The summed E-state index contributed by atoms with van der Waals surface area (Å²) in [7, 11) is 0. The first kappa shape index (κ1) is 14.1. The van der Waals surface area contributed by atoms with Crippen molar-refractivity contribution in [3.8, 4) is 0 Å². The van der Waals surface area contributed by atoms with Crippen LogP contribution in [0.25, 0.3) is 0 Å². The molecule has 1 fully saturated rings. The second-order valence-corrected chi connectivity index (χ2v) is 4.70. The molecule has 1 rings (SSSR count). The molecule has 2 atom stereocenters. The van der Waals surface area contributed by atoms with Crippen LogP contribution in [0.2, 0.25) is 0 Å². The third kappa shape index (κ3) is 4.83. The molecule has 5 nitrogen and oxygen atoms in total. The summed E-state index contributed by atoms with van der Waals surface area (Å²) in [5.74, 6) is -0.186. The lowest BCUT2D eigenvalue weighted by molar-refractivity contribution is -0.132. The van der Waals surface area contributed by atoms with Crippen molar-refractivity contribution in [2.24, 2.45) is 5.92 Å². The molecular formula is C12H21NO4. The largest absolute Gasteiger partial charge is 0.379 e. The summed E-state index contributed by atoms with van der Waals surface area (Å²) < 4.78 is 10.5. The first-order valence-electron chi connectivity index (χ1n) is 6.00. The van der Waals surface area contributed by atoms with E-state index in [0.717, 1.165) is 6.42 Å². The van der Waals surface area contributed by atoms with Crippen LogP contribution in [0.1, 0.15) is 27.2 Å². The van der Waals surface area contributed by atoms with Gasteiger partial charge in [0.15, 0.2) is 5.78 Å². The van der Waals surface area contributed by atoms with E-state index in [1.54, 1.807) is 0 Å². The van der Waals surface area contributed by atoms with Crippen LogP contribution in [-0.2, 0) is 19.1 Å². The molecule has 0 aromatic heterocycles. The minimum atomic E-state index is -0.425. The van der Waals surface area contributed by atoms with Crippen molar-refractivity contribution in [1.29, 1.82) is 0 Å².